The van der Waals surface area contributed by atoms with Crippen molar-refractivity contribution in [2.24, 2.45) is 5.73 Å². The van der Waals surface area contributed by atoms with Crippen molar-refractivity contribution in [3.63, 3.8) is 0 Å². The largest absolute Gasteiger partial charge is 0.416 e. The van der Waals surface area contributed by atoms with Gasteiger partial charge in [0, 0.05) is 6.04 Å². The lowest BCUT2D eigenvalue weighted by atomic mass is 9.96. The molecule has 106 valence electrons. The molecule has 4 heteroatoms. The predicted molar refractivity (Wildman–Crippen MR) is 73.3 cm³/mol. The average molecular weight is 279 g/mol. The SMILES string of the molecule is NC(Cc1ccccc1)Cc1ccccc1C(F)(F)F. The number of rotatable bonds is 4. The van der Waals surface area contributed by atoms with Crippen LogP contribution in [-0.4, -0.2) is 6.04 Å². The first-order valence-corrected chi connectivity index (χ1v) is 6.41. The Kier molecular flexibility index (Phi) is 4.45. The van der Waals surface area contributed by atoms with Gasteiger partial charge in [-0.25, -0.2) is 0 Å². The fourth-order valence-electron chi connectivity index (χ4n) is 2.25. The Morgan fingerprint density at radius 3 is 2.10 bits per heavy atom. The molecule has 2 aromatic rings. The quantitative estimate of drug-likeness (QED) is 0.904. The maximum Gasteiger partial charge on any atom is 0.416 e. The maximum absolute atomic E-state index is 12.9. The van der Waals surface area contributed by atoms with Crippen LogP contribution in [0, 0.1) is 0 Å². The summed E-state index contributed by atoms with van der Waals surface area (Å²) in [5.41, 5.74) is 6.67. The average Bonchev–Trinajstić information content (AvgIpc) is 2.39. The molecule has 0 aromatic heterocycles. The fourth-order valence-corrected chi connectivity index (χ4v) is 2.25. The summed E-state index contributed by atoms with van der Waals surface area (Å²) in [6.07, 6.45) is -3.55. The van der Waals surface area contributed by atoms with E-state index in [4.69, 9.17) is 5.73 Å². The maximum atomic E-state index is 12.9. The van der Waals surface area contributed by atoms with Crippen LogP contribution >= 0.6 is 0 Å². The molecule has 2 rings (SSSR count). The van der Waals surface area contributed by atoms with E-state index >= 15 is 0 Å². The lowest BCUT2D eigenvalue weighted by molar-refractivity contribution is -0.138. The van der Waals surface area contributed by atoms with Crippen molar-refractivity contribution in [1.82, 2.24) is 0 Å². The first-order valence-electron chi connectivity index (χ1n) is 6.41. The summed E-state index contributed by atoms with van der Waals surface area (Å²) in [7, 11) is 0. The van der Waals surface area contributed by atoms with Crippen molar-refractivity contribution in [3.05, 3.63) is 71.3 Å². The lowest BCUT2D eigenvalue weighted by Crippen LogP contribution is -2.26. The van der Waals surface area contributed by atoms with Crippen molar-refractivity contribution in [2.45, 2.75) is 25.1 Å². The highest BCUT2D eigenvalue weighted by molar-refractivity contribution is 5.30. The molecule has 0 bridgehead atoms. The zero-order valence-corrected chi connectivity index (χ0v) is 10.9. The van der Waals surface area contributed by atoms with E-state index in [9.17, 15) is 13.2 Å². The Labute approximate surface area is 116 Å². The standard InChI is InChI=1S/C16H16F3N/c17-16(18,19)15-9-5-4-8-13(15)11-14(20)10-12-6-2-1-3-7-12/h1-9,14H,10-11,20H2. The Morgan fingerprint density at radius 2 is 1.45 bits per heavy atom. The number of hydrogen-bond acceptors (Lipinski definition) is 1. The van der Waals surface area contributed by atoms with Crippen molar-refractivity contribution >= 4 is 0 Å². The van der Waals surface area contributed by atoms with Crippen molar-refractivity contribution in [3.8, 4) is 0 Å². The van der Waals surface area contributed by atoms with Crippen molar-refractivity contribution in [1.29, 1.82) is 0 Å². The minimum Gasteiger partial charge on any atom is -0.327 e. The Bertz CT molecular complexity index is 549. The second-order valence-corrected chi connectivity index (χ2v) is 4.81. The monoisotopic (exact) mass is 279 g/mol. The van der Waals surface area contributed by atoms with Gasteiger partial charge >= 0.3 is 6.18 Å². The minimum absolute atomic E-state index is 0.213. The number of benzene rings is 2. The van der Waals surface area contributed by atoms with E-state index in [0.717, 1.165) is 11.6 Å². The third kappa shape index (κ3) is 3.84. The van der Waals surface area contributed by atoms with E-state index < -0.39 is 11.7 Å². The summed E-state index contributed by atoms with van der Waals surface area (Å²) in [6, 6.07) is 14.8. The van der Waals surface area contributed by atoms with Crippen LogP contribution in [0.1, 0.15) is 16.7 Å². The zero-order valence-electron chi connectivity index (χ0n) is 10.9. The van der Waals surface area contributed by atoms with Crippen LogP contribution in [0.3, 0.4) is 0 Å². The fraction of sp³-hybridized carbons (Fsp3) is 0.250. The van der Waals surface area contributed by atoms with Gasteiger partial charge in [-0.3, -0.25) is 0 Å². The van der Waals surface area contributed by atoms with Crippen LogP contribution in [0.5, 0.6) is 0 Å². The Balaban J connectivity index is 2.10. The normalized spacial score (nSPS) is 13.2. The molecule has 2 N–H and O–H groups in total. The van der Waals surface area contributed by atoms with Crippen LogP contribution in [-0.2, 0) is 19.0 Å². The molecule has 1 atom stereocenters. The summed E-state index contributed by atoms with van der Waals surface area (Å²) in [5, 5.41) is 0. The van der Waals surface area contributed by atoms with E-state index in [1.807, 2.05) is 30.3 Å². The molecule has 0 aliphatic carbocycles. The highest BCUT2D eigenvalue weighted by Gasteiger charge is 2.33. The van der Waals surface area contributed by atoms with Crippen molar-refractivity contribution in [2.75, 3.05) is 0 Å². The van der Waals surface area contributed by atoms with E-state index in [-0.39, 0.29) is 18.0 Å². The molecule has 1 nitrogen and oxygen atoms in total. The zero-order chi connectivity index (χ0) is 14.6. The Hall–Kier alpha value is -1.81. The smallest absolute Gasteiger partial charge is 0.327 e. The van der Waals surface area contributed by atoms with Gasteiger partial charge in [-0.15, -0.1) is 0 Å². The van der Waals surface area contributed by atoms with E-state index in [1.165, 1.54) is 12.1 Å². The molecule has 0 amide bonds. The van der Waals surface area contributed by atoms with Gasteiger partial charge in [-0.05, 0) is 30.0 Å². The highest BCUT2D eigenvalue weighted by Crippen LogP contribution is 2.32. The second kappa shape index (κ2) is 6.09. The summed E-state index contributed by atoms with van der Waals surface area (Å²) in [5.74, 6) is 0. The highest BCUT2D eigenvalue weighted by atomic mass is 19.4. The molecule has 2 aromatic carbocycles. The van der Waals surface area contributed by atoms with Gasteiger partial charge in [-0.2, -0.15) is 13.2 Å². The number of hydrogen-bond donors (Lipinski definition) is 1. The molecule has 1 unspecified atom stereocenters. The molecule has 0 spiro atoms. The van der Waals surface area contributed by atoms with E-state index in [0.29, 0.717) is 6.42 Å². The van der Waals surface area contributed by atoms with Crippen LogP contribution in [0.15, 0.2) is 54.6 Å². The molecular weight excluding hydrogens is 263 g/mol. The molecule has 0 heterocycles. The van der Waals surface area contributed by atoms with Gasteiger partial charge in [0.2, 0.25) is 0 Å². The first kappa shape index (κ1) is 14.6. The van der Waals surface area contributed by atoms with Crippen LogP contribution < -0.4 is 5.73 Å². The van der Waals surface area contributed by atoms with Gasteiger partial charge in [0.1, 0.15) is 0 Å². The lowest BCUT2D eigenvalue weighted by Gasteiger charge is -2.16. The van der Waals surface area contributed by atoms with Crippen LogP contribution in [0.2, 0.25) is 0 Å². The predicted octanol–water partition coefficient (Wildman–Crippen LogP) is 3.82. The summed E-state index contributed by atoms with van der Waals surface area (Å²) in [6.45, 7) is 0. The molecule has 0 saturated carbocycles. The summed E-state index contributed by atoms with van der Waals surface area (Å²) >= 11 is 0. The third-order valence-electron chi connectivity index (χ3n) is 3.15. The first-order chi connectivity index (χ1) is 9.47. The molecule has 0 aliphatic rings. The number of halogens is 3. The minimum atomic E-state index is -4.33. The molecule has 20 heavy (non-hydrogen) atoms. The number of nitrogens with two attached hydrogens (primary N) is 1. The molecule has 0 radical (unpaired) electrons. The van der Waals surface area contributed by atoms with E-state index in [1.54, 1.807) is 6.07 Å². The number of alkyl halides is 3. The van der Waals surface area contributed by atoms with Crippen molar-refractivity contribution < 1.29 is 13.2 Å². The second-order valence-electron chi connectivity index (χ2n) is 4.81. The summed E-state index contributed by atoms with van der Waals surface area (Å²) in [4.78, 5) is 0. The summed E-state index contributed by atoms with van der Waals surface area (Å²) < 4.78 is 38.7. The molecule has 0 fully saturated rings. The van der Waals surface area contributed by atoms with E-state index in [2.05, 4.69) is 0 Å². The molecular formula is C16H16F3N. The van der Waals surface area contributed by atoms with Gasteiger partial charge in [-0.1, -0.05) is 48.5 Å². The topological polar surface area (TPSA) is 26.0 Å². The molecule has 0 saturated heterocycles. The van der Waals surface area contributed by atoms with Crippen LogP contribution in [0.25, 0.3) is 0 Å². The van der Waals surface area contributed by atoms with Crippen LogP contribution in [0.4, 0.5) is 13.2 Å². The molecule has 0 aliphatic heterocycles. The van der Waals surface area contributed by atoms with Gasteiger partial charge in [0.25, 0.3) is 0 Å². The van der Waals surface area contributed by atoms with Gasteiger partial charge in [0.15, 0.2) is 0 Å². The Morgan fingerprint density at radius 1 is 0.850 bits per heavy atom. The third-order valence-corrected chi connectivity index (χ3v) is 3.15. The van der Waals surface area contributed by atoms with Gasteiger partial charge in [0.05, 0.1) is 5.56 Å². The van der Waals surface area contributed by atoms with Gasteiger partial charge < -0.3 is 5.73 Å².